The van der Waals surface area contributed by atoms with E-state index < -0.39 is 5.95 Å². The number of para-hydroxylation sites is 2. The topological polar surface area (TPSA) is 40.6 Å². The minimum Gasteiger partial charge on any atom is -0.493 e. The first-order valence-electron chi connectivity index (χ1n) is 5.80. The first-order chi connectivity index (χ1) is 9.29. The molecule has 19 heavy (non-hydrogen) atoms. The van der Waals surface area contributed by atoms with E-state index in [4.69, 9.17) is 14.2 Å². The second kappa shape index (κ2) is 6.58. The Balaban J connectivity index is 1.79. The number of pyridine rings is 1. The van der Waals surface area contributed by atoms with Crippen molar-refractivity contribution in [3.8, 4) is 17.2 Å². The van der Waals surface area contributed by atoms with Crippen molar-refractivity contribution in [3.05, 3.63) is 48.5 Å². The predicted octanol–water partition coefficient (Wildman–Crippen LogP) is 2.69. The van der Waals surface area contributed by atoms with Crippen molar-refractivity contribution in [1.29, 1.82) is 0 Å². The van der Waals surface area contributed by atoms with E-state index in [0.29, 0.717) is 30.5 Å². The van der Waals surface area contributed by atoms with Gasteiger partial charge in [-0.1, -0.05) is 12.1 Å². The van der Waals surface area contributed by atoms with Crippen LogP contribution in [0.4, 0.5) is 4.39 Å². The van der Waals surface area contributed by atoms with Gasteiger partial charge in [0.15, 0.2) is 11.5 Å². The van der Waals surface area contributed by atoms with Gasteiger partial charge < -0.3 is 14.2 Å². The van der Waals surface area contributed by atoms with Crippen molar-refractivity contribution < 1.29 is 18.6 Å². The van der Waals surface area contributed by atoms with E-state index >= 15 is 0 Å². The maximum Gasteiger partial charge on any atom is 0.213 e. The molecule has 0 fully saturated rings. The van der Waals surface area contributed by atoms with Gasteiger partial charge in [0.1, 0.15) is 19.0 Å². The maximum atomic E-state index is 12.6. The molecule has 100 valence electrons. The fraction of sp³-hybridized carbons (Fsp3) is 0.214. The average molecular weight is 263 g/mol. The summed E-state index contributed by atoms with van der Waals surface area (Å²) in [6, 6.07) is 10.1. The smallest absolute Gasteiger partial charge is 0.213 e. The molecule has 4 nitrogen and oxygen atoms in total. The summed E-state index contributed by atoms with van der Waals surface area (Å²) < 4.78 is 28.6. The number of hydrogen-bond donors (Lipinski definition) is 0. The summed E-state index contributed by atoms with van der Waals surface area (Å²) >= 11 is 0. The van der Waals surface area contributed by atoms with E-state index in [2.05, 4.69) is 4.98 Å². The lowest BCUT2D eigenvalue weighted by molar-refractivity contribution is 0.210. The summed E-state index contributed by atoms with van der Waals surface area (Å²) in [5, 5.41) is 0. The Labute approximate surface area is 110 Å². The Bertz CT molecular complexity index is 516. The van der Waals surface area contributed by atoms with Crippen LogP contribution in [0.2, 0.25) is 0 Å². The lowest BCUT2D eigenvalue weighted by Gasteiger charge is -2.10. The van der Waals surface area contributed by atoms with Crippen LogP contribution in [-0.2, 0) is 0 Å². The molecular weight excluding hydrogens is 249 g/mol. The summed E-state index contributed by atoms with van der Waals surface area (Å²) in [7, 11) is 1.59. The monoisotopic (exact) mass is 263 g/mol. The number of rotatable bonds is 6. The molecule has 2 rings (SSSR count). The zero-order valence-corrected chi connectivity index (χ0v) is 10.5. The summed E-state index contributed by atoms with van der Waals surface area (Å²) in [6.07, 6.45) is 1.33. The molecule has 1 aromatic heterocycles. The zero-order valence-electron chi connectivity index (χ0n) is 10.5. The summed E-state index contributed by atoms with van der Waals surface area (Å²) in [5.74, 6) is 1.31. The molecule has 0 N–H and O–H groups in total. The molecule has 0 atom stereocenters. The molecule has 5 heteroatoms. The second-order valence-corrected chi connectivity index (χ2v) is 3.66. The van der Waals surface area contributed by atoms with Gasteiger partial charge in [0, 0.05) is 0 Å². The minimum absolute atomic E-state index is 0.339. The van der Waals surface area contributed by atoms with Crippen LogP contribution >= 0.6 is 0 Å². The van der Waals surface area contributed by atoms with E-state index in [1.165, 1.54) is 18.3 Å². The molecular formula is C14H14FNO3. The number of benzene rings is 1. The van der Waals surface area contributed by atoms with E-state index in [1.54, 1.807) is 7.11 Å². The van der Waals surface area contributed by atoms with Crippen LogP contribution in [0.5, 0.6) is 17.2 Å². The zero-order chi connectivity index (χ0) is 13.5. The molecule has 1 heterocycles. The van der Waals surface area contributed by atoms with E-state index in [-0.39, 0.29) is 0 Å². The van der Waals surface area contributed by atoms with E-state index in [9.17, 15) is 4.39 Å². The van der Waals surface area contributed by atoms with Crippen molar-refractivity contribution in [1.82, 2.24) is 4.98 Å². The number of ether oxygens (including phenoxy) is 3. The lowest BCUT2D eigenvalue weighted by Crippen LogP contribution is -2.09. The normalized spacial score (nSPS) is 10.0. The Morgan fingerprint density at radius 3 is 2.42 bits per heavy atom. The van der Waals surface area contributed by atoms with Gasteiger partial charge in [0.05, 0.1) is 13.3 Å². The van der Waals surface area contributed by atoms with E-state index in [0.717, 1.165) is 0 Å². The summed E-state index contributed by atoms with van der Waals surface area (Å²) in [6.45, 7) is 0.698. The number of halogens is 1. The molecule has 0 unspecified atom stereocenters. The van der Waals surface area contributed by atoms with Crippen molar-refractivity contribution in [2.75, 3.05) is 20.3 Å². The Hall–Kier alpha value is -2.30. The second-order valence-electron chi connectivity index (χ2n) is 3.66. The number of nitrogens with zero attached hydrogens (tertiary/aromatic N) is 1. The highest BCUT2D eigenvalue weighted by atomic mass is 19.1. The third-order valence-corrected chi connectivity index (χ3v) is 2.38. The quantitative estimate of drug-likeness (QED) is 0.593. The SMILES string of the molecule is COc1ccccc1OCCOc1ccc(F)nc1. The van der Waals surface area contributed by atoms with Gasteiger partial charge in [-0.2, -0.15) is 4.39 Å². The van der Waals surface area contributed by atoms with Gasteiger partial charge >= 0.3 is 0 Å². The number of aromatic nitrogens is 1. The molecule has 0 spiro atoms. The molecule has 0 saturated carbocycles. The van der Waals surface area contributed by atoms with Gasteiger partial charge in [0.25, 0.3) is 0 Å². The fourth-order valence-corrected chi connectivity index (χ4v) is 1.50. The molecule has 2 aromatic rings. The van der Waals surface area contributed by atoms with Crippen molar-refractivity contribution in [2.24, 2.45) is 0 Å². The first kappa shape index (κ1) is 13.1. The highest BCUT2D eigenvalue weighted by Gasteiger charge is 2.02. The van der Waals surface area contributed by atoms with Crippen LogP contribution in [0.25, 0.3) is 0 Å². The average Bonchev–Trinajstić information content (AvgIpc) is 2.46. The Morgan fingerprint density at radius 2 is 1.74 bits per heavy atom. The molecule has 0 aliphatic heterocycles. The molecule has 0 amide bonds. The van der Waals surface area contributed by atoms with Gasteiger partial charge in [0.2, 0.25) is 5.95 Å². The standard InChI is InChI=1S/C14H14FNO3/c1-17-12-4-2-3-5-13(12)19-9-8-18-11-6-7-14(15)16-10-11/h2-7,10H,8-9H2,1H3. The van der Waals surface area contributed by atoms with Crippen LogP contribution in [0.1, 0.15) is 0 Å². The van der Waals surface area contributed by atoms with Gasteiger partial charge in [-0.15, -0.1) is 0 Å². The highest BCUT2D eigenvalue weighted by molar-refractivity contribution is 5.39. The van der Waals surface area contributed by atoms with Crippen LogP contribution in [0, 0.1) is 5.95 Å². The van der Waals surface area contributed by atoms with Gasteiger partial charge in [-0.25, -0.2) is 4.98 Å². The Kier molecular flexibility index (Phi) is 4.55. The van der Waals surface area contributed by atoms with E-state index in [1.807, 2.05) is 24.3 Å². The Morgan fingerprint density at radius 1 is 1.00 bits per heavy atom. The predicted molar refractivity (Wildman–Crippen MR) is 68.2 cm³/mol. The molecule has 1 aromatic carbocycles. The van der Waals surface area contributed by atoms with Crippen LogP contribution < -0.4 is 14.2 Å². The van der Waals surface area contributed by atoms with Crippen LogP contribution in [-0.4, -0.2) is 25.3 Å². The van der Waals surface area contributed by atoms with Crippen molar-refractivity contribution >= 4 is 0 Å². The van der Waals surface area contributed by atoms with Gasteiger partial charge in [-0.3, -0.25) is 0 Å². The molecule has 0 aliphatic rings. The molecule has 0 radical (unpaired) electrons. The minimum atomic E-state index is -0.530. The summed E-state index contributed by atoms with van der Waals surface area (Å²) in [4.78, 5) is 3.49. The fourth-order valence-electron chi connectivity index (χ4n) is 1.50. The molecule has 0 saturated heterocycles. The van der Waals surface area contributed by atoms with Crippen molar-refractivity contribution in [2.45, 2.75) is 0 Å². The van der Waals surface area contributed by atoms with Crippen LogP contribution in [0.15, 0.2) is 42.6 Å². The third kappa shape index (κ3) is 3.84. The first-order valence-corrected chi connectivity index (χ1v) is 5.80. The number of methoxy groups -OCH3 is 1. The third-order valence-electron chi connectivity index (χ3n) is 2.38. The maximum absolute atomic E-state index is 12.6. The molecule has 0 aliphatic carbocycles. The number of hydrogen-bond acceptors (Lipinski definition) is 4. The van der Waals surface area contributed by atoms with Crippen LogP contribution in [0.3, 0.4) is 0 Å². The highest BCUT2D eigenvalue weighted by Crippen LogP contribution is 2.25. The summed E-state index contributed by atoms with van der Waals surface area (Å²) in [5.41, 5.74) is 0. The van der Waals surface area contributed by atoms with Gasteiger partial charge in [-0.05, 0) is 24.3 Å². The van der Waals surface area contributed by atoms with Crippen molar-refractivity contribution in [3.63, 3.8) is 0 Å². The largest absolute Gasteiger partial charge is 0.493 e. The molecule has 0 bridgehead atoms. The lowest BCUT2D eigenvalue weighted by atomic mass is 10.3.